The van der Waals surface area contributed by atoms with E-state index in [1.54, 1.807) is 36.5 Å². The Balaban J connectivity index is 1.43. The summed E-state index contributed by atoms with van der Waals surface area (Å²) >= 11 is 0. The van der Waals surface area contributed by atoms with Crippen LogP contribution in [-0.2, 0) is 10.0 Å². The second-order valence-electron chi connectivity index (χ2n) is 6.57. The highest BCUT2D eigenvalue weighted by atomic mass is 32.2. The molecule has 9 nitrogen and oxygen atoms in total. The van der Waals surface area contributed by atoms with Crippen molar-refractivity contribution in [2.75, 3.05) is 15.4 Å². The number of rotatable bonds is 7. The summed E-state index contributed by atoms with van der Waals surface area (Å²) in [6, 6.07) is 21.6. The minimum Gasteiger partial charge on any atom is -0.340 e. The summed E-state index contributed by atoms with van der Waals surface area (Å²) in [6.45, 7) is 0. The molecule has 2 aromatic heterocycles. The molecular formula is C22H17N7O2S. The van der Waals surface area contributed by atoms with E-state index in [2.05, 4.69) is 30.3 Å². The Bertz CT molecular complexity index is 1350. The zero-order valence-electron chi connectivity index (χ0n) is 16.6. The van der Waals surface area contributed by atoms with Crippen LogP contribution in [0.4, 0.5) is 28.8 Å². The first-order valence-electron chi connectivity index (χ1n) is 9.42. The van der Waals surface area contributed by atoms with Gasteiger partial charge < -0.3 is 10.6 Å². The van der Waals surface area contributed by atoms with Gasteiger partial charge in [-0.05, 0) is 60.7 Å². The first-order chi connectivity index (χ1) is 15.5. The van der Waals surface area contributed by atoms with Crippen molar-refractivity contribution >= 4 is 38.9 Å². The first-order valence-corrected chi connectivity index (χ1v) is 10.9. The number of hydrogen-bond donors (Lipinski definition) is 3. The molecule has 0 saturated heterocycles. The second-order valence-corrected chi connectivity index (χ2v) is 8.25. The summed E-state index contributed by atoms with van der Waals surface area (Å²) in [6.07, 6.45) is 3.10. The molecule has 0 fully saturated rings. The highest BCUT2D eigenvalue weighted by molar-refractivity contribution is 7.92. The van der Waals surface area contributed by atoms with Crippen LogP contribution in [0.25, 0.3) is 0 Å². The van der Waals surface area contributed by atoms with Crippen molar-refractivity contribution < 1.29 is 8.42 Å². The standard InChI is InChI=1S/C22H17N7O2S/c23-14-16-4-10-19(11-5-16)32(30,31)29-18-8-6-17(7-9-18)27-21-13-22(26-15-25-21)28-20-3-1-2-12-24-20/h1-13,15,29H,(H2,24,25,26,27,28). The van der Waals surface area contributed by atoms with Crippen molar-refractivity contribution in [2.45, 2.75) is 4.90 Å². The van der Waals surface area contributed by atoms with Gasteiger partial charge in [-0.15, -0.1) is 0 Å². The molecule has 0 aliphatic rings. The predicted molar refractivity (Wildman–Crippen MR) is 121 cm³/mol. The van der Waals surface area contributed by atoms with E-state index in [-0.39, 0.29) is 4.90 Å². The van der Waals surface area contributed by atoms with Crippen molar-refractivity contribution in [2.24, 2.45) is 0 Å². The van der Waals surface area contributed by atoms with Crippen molar-refractivity contribution in [1.29, 1.82) is 5.26 Å². The van der Waals surface area contributed by atoms with Gasteiger partial charge in [-0.2, -0.15) is 5.26 Å². The number of nitriles is 1. The van der Waals surface area contributed by atoms with E-state index >= 15 is 0 Å². The lowest BCUT2D eigenvalue weighted by atomic mass is 10.2. The van der Waals surface area contributed by atoms with Crippen LogP contribution in [0.1, 0.15) is 5.56 Å². The van der Waals surface area contributed by atoms with Crippen molar-refractivity contribution in [1.82, 2.24) is 15.0 Å². The number of hydrogen-bond acceptors (Lipinski definition) is 8. The fraction of sp³-hybridized carbons (Fsp3) is 0. The van der Waals surface area contributed by atoms with E-state index < -0.39 is 10.0 Å². The third-order valence-electron chi connectivity index (χ3n) is 4.29. The Morgan fingerprint density at radius 3 is 2.09 bits per heavy atom. The lowest BCUT2D eigenvalue weighted by Crippen LogP contribution is -2.12. The lowest BCUT2D eigenvalue weighted by molar-refractivity contribution is 0.601. The van der Waals surface area contributed by atoms with Crippen molar-refractivity contribution in [3.05, 3.63) is 90.9 Å². The third-order valence-corrected chi connectivity index (χ3v) is 5.69. The Morgan fingerprint density at radius 2 is 1.44 bits per heavy atom. The fourth-order valence-corrected chi connectivity index (χ4v) is 3.81. The van der Waals surface area contributed by atoms with E-state index in [0.29, 0.717) is 34.4 Å². The van der Waals surface area contributed by atoms with Crippen LogP contribution in [0, 0.1) is 11.3 Å². The highest BCUT2D eigenvalue weighted by Gasteiger charge is 2.14. The summed E-state index contributed by atoms with van der Waals surface area (Å²) < 4.78 is 27.6. The maximum atomic E-state index is 12.5. The number of nitrogens with one attached hydrogen (secondary N) is 3. The van der Waals surface area contributed by atoms with E-state index in [4.69, 9.17) is 5.26 Å². The quantitative estimate of drug-likeness (QED) is 0.390. The highest BCUT2D eigenvalue weighted by Crippen LogP contribution is 2.22. The number of pyridine rings is 1. The molecule has 0 radical (unpaired) electrons. The molecule has 2 aromatic carbocycles. The molecule has 0 bridgehead atoms. The topological polar surface area (TPSA) is 133 Å². The molecule has 0 amide bonds. The van der Waals surface area contributed by atoms with Gasteiger partial charge in [0.05, 0.1) is 16.5 Å². The molecule has 0 spiro atoms. The Labute approximate surface area is 184 Å². The zero-order chi connectivity index (χ0) is 22.4. The summed E-state index contributed by atoms with van der Waals surface area (Å²) in [5.41, 5.74) is 1.51. The van der Waals surface area contributed by atoms with Gasteiger partial charge in [-0.3, -0.25) is 4.72 Å². The van der Waals surface area contributed by atoms with E-state index in [1.165, 1.54) is 30.6 Å². The number of aromatic nitrogens is 3. The number of benzene rings is 2. The molecular weight excluding hydrogens is 426 g/mol. The molecule has 10 heteroatoms. The van der Waals surface area contributed by atoms with Crippen molar-refractivity contribution in [3.8, 4) is 6.07 Å². The van der Waals surface area contributed by atoms with E-state index in [9.17, 15) is 8.42 Å². The van der Waals surface area contributed by atoms with Crippen LogP contribution in [-0.4, -0.2) is 23.4 Å². The maximum Gasteiger partial charge on any atom is 0.261 e. The van der Waals surface area contributed by atoms with Gasteiger partial charge in [0.2, 0.25) is 0 Å². The zero-order valence-corrected chi connectivity index (χ0v) is 17.4. The molecule has 0 aliphatic carbocycles. The molecule has 158 valence electrons. The van der Waals surface area contributed by atoms with Crippen LogP contribution in [0.2, 0.25) is 0 Å². The van der Waals surface area contributed by atoms with Crippen molar-refractivity contribution in [3.63, 3.8) is 0 Å². The molecule has 0 atom stereocenters. The summed E-state index contributed by atoms with van der Waals surface area (Å²) in [4.78, 5) is 12.6. The molecule has 32 heavy (non-hydrogen) atoms. The predicted octanol–water partition coefficient (Wildman–Crippen LogP) is 4.03. The second kappa shape index (κ2) is 9.11. The largest absolute Gasteiger partial charge is 0.340 e. The van der Waals surface area contributed by atoms with Crippen LogP contribution < -0.4 is 15.4 Å². The SMILES string of the molecule is N#Cc1ccc(S(=O)(=O)Nc2ccc(Nc3cc(Nc4ccccn4)ncn3)cc2)cc1. The van der Waals surface area contributed by atoms with Crippen LogP contribution in [0.3, 0.4) is 0 Å². The number of anilines is 5. The van der Waals surface area contributed by atoms with Gasteiger partial charge in [0.25, 0.3) is 10.0 Å². The Morgan fingerprint density at radius 1 is 0.750 bits per heavy atom. The molecule has 0 aliphatic heterocycles. The Kier molecular flexibility index (Phi) is 5.91. The molecule has 2 heterocycles. The minimum absolute atomic E-state index is 0.0765. The van der Waals surface area contributed by atoms with Gasteiger partial charge in [0.1, 0.15) is 23.8 Å². The summed E-state index contributed by atoms with van der Waals surface area (Å²) in [5.74, 6) is 1.80. The number of sulfonamides is 1. The molecule has 3 N–H and O–H groups in total. The van der Waals surface area contributed by atoms with E-state index in [0.717, 1.165) is 0 Å². The fourth-order valence-electron chi connectivity index (χ4n) is 2.75. The first kappa shape index (κ1) is 20.8. The number of nitrogens with zero attached hydrogens (tertiary/aromatic N) is 4. The average Bonchev–Trinajstić information content (AvgIpc) is 2.81. The normalized spacial score (nSPS) is 10.7. The molecule has 0 unspecified atom stereocenters. The van der Waals surface area contributed by atoms with Gasteiger partial charge >= 0.3 is 0 Å². The lowest BCUT2D eigenvalue weighted by Gasteiger charge is -2.10. The maximum absolute atomic E-state index is 12.5. The van der Waals surface area contributed by atoms with Crippen LogP contribution in [0.5, 0.6) is 0 Å². The summed E-state index contributed by atoms with van der Waals surface area (Å²) in [5, 5.41) is 15.1. The molecule has 4 aromatic rings. The van der Waals surface area contributed by atoms with Crippen LogP contribution >= 0.6 is 0 Å². The van der Waals surface area contributed by atoms with Gasteiger partial charge in [-0.25, -0.2) is 23.4 Å². The average molecular weight is 443 g/mol. The monoisotopic (exact) mass is 443 g/mol. The summed E-state index contributed by atoms with van der Waals surface area (Å²) in [7, 11) is -3.76. The van der Waals surface area contributed by atoms with Gasteiger partial charge in [-0.1, -0.05) is 6.07 Å². The third kappa shape index (κ3) is 5.16. The van der Waals surface area contributed by atoms with Gasteiger partial charge in [0, 0.05) is 23.6 Å². The Hall–Kier alpha value is -4.49. The molecule has 4 rings (SSSR count). The van der Waals surface area contributed by atoms with E-state index in [1.807, 2.05) is 24.3 Å². The molecule has 0 saturated carbocycles. The van der Waals surface area contributed by atoms with Gasteiger partial charge in [0.15, 0.2) is 0 Å². The smallest absolute Gasteiger partial charge is 0.261 e. The minimum atomic E-state index is -3.76. The van der Waals surface area contributed by atoms with Crippen LogP contribution in [0.15, 0.2) is 90.2 Å².